The van der Waals surface area contributed by atoms with Crippen LogP contribution in [0.3, 0.4) is 0 Å². The number of nitrogens with one attached hydrogen (secondary N) is 1. The number of carbonyl (C=O) groups excluding carboxylic acids is 1. The highest BCUT2D eigenvalue weighted by atomic mass is 16.5. The topological polar surface area (TPSA) is 41.6 Å². The molecule has 1 amide bonds. The van der Waals surface area contributed by atoms with Crippen LogP contribution in [0.1, 0.15) is 38.7 Å². The van der Waals surface area contributed by atoms with Crippen LogP contribution in [0.15, 0.2) is 24.3 Å². The maximum atomic E-state index is 12.6. The molecule has 25 heavy (non-hydrogen) atoms. The van der Waals surface area contributed by atoms with E-state index in [9.17, 15) is 4.79 Å². The highest BCUT2D eigenvalue weighted by Crippen LogP contribution is 2.29. The zero-order chi connectivity index (χ0) is 17.6. The Morgan fingerprint density at radius 2 is 1.88 bits per heavy atom. The molecule has 1 N–H and O–H groups in total. The van der Waals surface area contributed by atoms with Crippen LogP contribution in [-0.4, -0.2) is 43.6 Å². The van der Waals surface area contributed by atoms with Crippen molar-refractivity contribution in [3.05, 3.63) is 29.8 Å². The summed E-state index contributed by atoms with van der Waals surface area (Å²) < 4.78 is 5.70. The van der Waals surface area contributed by atoms with Crippen LogP contribution in [-0.2, 0) is 11.2 Å². The summed E-state index contributed by atoms with van der Waals surface area (Å²) in [5, 5.41) is 3.47. The molecule has 1 aromatic carbocycles. The molecule has 1 atom stereocenters. The first-order valence-corrected chi connectivity index (χ1v) is 9.82. The largest absolute Gasteiger partial charge is 0.493 e. The minimum atomic E-state index is 0.263. The number of amides is 1. The van der Waals surface area contributed by atoms with Crippen LogP contribution in [0.2, 0.25) is 0 Å². The van der Waals surface area contributed by atoms with Crippen molar-refractivity contribution >= 4 is 5.91 Å². The van der Waals surface area contributed by atoms with Crippen molar-refractivity contribution in [3.8, 4) is 5.75 Å². The Morgan fingerprint density at radius 3 is 2.48 bits per heavy atom. The van der Waals surface area contributed by atoms with E-state index in [0.29, 0.717) is 12.3 Å². The zero-order valence-electron chi connectivity index (χ0n) is 15.7. The monoisotopic (exact) mass is 344 g/mol. The minimum absolute atomic E-state index is 0.263. The maximum Gasteiger partial charge on any atom is 0.226 e. The molecule has 0 spiro atoms. The number of likely N-dealkylation sites (tertiary alicyclic amines) is 1. The third kappa shape index (κ3) is 5.21. The Labute approximate surface area is 151 Å². The molecule has 2 aliphatic heterocycles. The average molecular weight is 344 g/mol. The van der Waals surface area contributed by atoms with E-state index in [0.717, 1.165) is 42.8 Å². The first-order valence-electron chi connectivity index (χ1n) is 9.82. The molecule has 2 fully saturated rings. The maximum absolute atomic E-state index is 12.6. The van der Waals surface area contributed by atoms with Crippen LogP contribution < -0.4 is 10.1 Å². The Kier molecular flexibility index (Phi) is 6.35. The van der Waals surface area contributed by atoms with E-state index >= 15 is 0 Å². The number of ether oxygens (including phenoxy) is 1. The van der Waals surface area contributed by atoms with Gasteiger partial charge >= 0.3 is 0 Å². The van der Waals surface area contributed by atoms with Gasteiger partial charge in [0.2, 0.25) is 5.91 Å². The number of carbonyl (C=O) groups is 1. The predicted octanol–water partition coefficient (Wildman–Crippen LogP) is 3.11. The number of hydrogen-bond acceptors (Lipinski definition) is 3. The van der Waals surface area contributed by atoms with Gasteiger partial charge in [-0.1, -0.05) is 26.0 Å². The molecule has 4 heteroatoms. The fourth-order valence-corrected chi connectivity index (χ4v) is 3.95. The summed E-state index contributed by atoms with van der Waals surface area (Å²) in [6.07, 6.45) is 4.14. The van der Waals surface area contributed by atoms with Gasteiger partial charge in [-0.15, -0.1) is 0 Å². The molecule has 2 aliphatic rings. The second-order valence-corrected chi connectivity index (χ2v) is 8.00. The average Bonchev–Trinajstić information content (AvgIpc) is 3.16. The molecule has 1 aromatic rings. The van der Waals surface area contributed by atoms with Crippen molar-refractivity contribution in [2.24, 2.45) is 17.8 Å². The summed E-state index contributed by atoms with van der Waals surface area (Å²) in [5.41, 5.74) is 1.07. The molecule has 1 unspecified atom stereocenters. The Morgan fingerprint density at radius 1 is 1.16 bits per heavy atom. The summed E-state index contributed by atoms with van der Waals surface area (Å²) in [5.74, 6) is 3.30. The smallest absolute Gasteiger partial charge is 0.226 e. The van der Waals surface area contributed by atoms with Crippen molar-refractivity contribution in [3.63, 3.8) is 0 Å². The highest BCUT2D eigenvalue weighted by Gasteiger charge is 2.29. The van der Waals surface area contributed by atoms with Gasteiger partial charge in [0.1, 0.15) is 5.75 Å². The molecule has 0 aliphatic carbocycles. The quantitative estimate of drug-likeness (QED) is 0.862. The summed E-state index contributed by atoms with van der Waals surface area (Å²) in [6.45, 7) is 9.19. The standard InChI is InChI=1S/C21H32N2O2/c1-16(2)15-25-20-5-3-17(4-6-20)13-21(24)23-11-8-18(9-12-23)19-7-10-22-14-19/h3-6,16,18-19,22H,7-15H2,1-2H3. The molecule has 4 nitrogen and oxygen atoms in total. The van der Waals surface area contributed by atoms with Crippen molar-refractivity contribution in [2.75, 3.05) is 32.8 Å². The Bertz CT molecular complexity index is 542. The Balaban J connectivity index is 1.44. The first kappa shape index (κ1) is 18.2. The molecule has 138 valence electrons. The third-order valence-electron chi connectivity index (χ3n) is 5.52. The van der Waals surface area contributed by atoms with E-state index in [1.807, 2.05) is 24.3 Å². The fourth-order valence-electron chi connectivity index (χ4n) is 3.95. The van der Waals surface area contributed by atoms with Gasteiger partial charge in [-0.3, -0.25) is 4.79 Å². The third-order valence-corrected chi connectivity index (χ3v) is 5.52. The second kappa shape index (κ2) is 8.70. The molecular weight excluding hydrogens is 312 g/mol. The van der Waals surface area contributed by atoms with Crippen LogP contribution in [0.4, 0.5) is 0 Å². The van der Waals surface area contributed by atoms with Crippen LogP contribution in [0.25, 0.3) is 0 Å². The fraction of sp³-hybridized carbons (Fsp3) is 0.667. The van der Waals surface area contributed by atoms with Gasteiger partial charge in [0.25, 0.3) is 0 Å². The number of piperidine rings is 1. The lowest BCUT2D eigenvalue weighted by molar-refractivity contribution is -0.132. The van der Waals surface area contributed by atoms with Crippen LogP contribution in [0, 0.1) is 17.8 Å². The first-order chi connectivity index (χ1) is 12.1. The van der Waals surface area contributed by atoms with E-state index in [1.54, 1.807) is 0 Å². The number of nitrogens with zero attached hydrogens (tertiary/aromatic N) is 1. The zero-order valence-corrected chi connectivity index (χ0v) is 15.7. The lowest BCUT2D eigenvalue weighted by Gasteiger charge is -2.34. The molecule has 2 heterocycles. The van der Waals surface area contributed by atoms with Crippen LogP contribution in [0.5, 0.6) is 5.75 Å². The number of benzene rings is 1. The van der Waals surface area contributed by atoms with Gasteiger partial charge in [0.05, 0.1) is 13.0 Å². The van der Waals surface area contributed by atoms with Gasteiger partial charge in [-0.05, 0) is 67.8 Å². The van der Waals surface area contributed by atoms with Crippen molar-refractivity contribution in [1.29, 1.82) is 0 Å². The second-order valence-electron chi connectivity index (χ2n) is 8.00. The van der Waals surface area contributed by atoms with E-state index in [1.165, 1.54) is 32.4 Å². The van der Waals surface area contributed by atoms with Gasteiger partial charge in [0, 0.05) is 13.1 Å². The van der Waals surface area contributed by atoms with E-state index in [2.05, 4.69) is 24.1 Å². The lowest BCUT2D eigenvalue weighted by Crippen LogP contribution is -2.41. The van der Waals surface area contributed by atoms with Gasteiger partial charge < -0.3 is 15.0 Å². The SMILES string of the molecule is CC(C)COc1ccc(CC(=O)N2CCC(C3CCNC3)CC2)cc1. The molecule has 0 saturated carbocycles. The normalized spacial score (nSPS) is 21.7. The summed E-state index contributed by atoms with van der Waals surface area (Å²) in [7, 11) is 0. The van der Waals surface area contributed by atoms with Gasteiger partial charge in [-0.2, -0.15) is 0 Å². The Hall–Kier alpha value is -1.55. The number of hydrogen-bond donors (Lipinski definition) is 1. The van der Waals surface area contributed by atoms with Crippen molar-refractivity contribution in [1.82, 2.24) is 10.2 Å². The van der Waals surface area contributed by atoms with E-state index in [4.69, 9.17) is 4.74 Å². The molecule has 0 radical (unpaired) electrons. The summed E-state index contributed by atoms with van der Waals surface area (Å²) in [6, 6.07) is 7.99. The molecule has 3 rings (SSSR count). The summed E-state index contributed by atoms with van der Waals surface area (Å²) >= 11 is 0. The predicted molar refractivity (Wildman–Crippen MR) is 101 cm³/mol. The number of rotatable bonds is 6. The van der Waals surface area contributed by atoms with E-state index < -0.39 is 0 Å². The van der Waals surface area contributed by atoms with Gasteiger partial charge in [-0.25, -0.2) is 0 Å². The minimum Gasteiger partial charge on any atom is -0.493 e. The molecule has 0 bridgehead atoms. The molecular formula is C21H32N2O2. The lowest BCUT2D eigenvalue weighted by atomic mass is 9.83. The van der Waals surface area contributed by atoms with Crippen molar-refractivity contribution < 1.29 is 9.53 Å². The van der Waals surface area contributed by atoms with E-state index in [-0.39, 0.29) is 5.91 Å². The molecule has 2 saturated heterocycles. The van der Waals surface area contributed by atoms with Gasteiger partial charge in [0.15, 0.2) is 0 Å². The summed E-state index contributed by atoms with van der Waals surface area (Å²) in [4.78, 5) is 14.6. The molecule has 0 aromatic heterocycles. The van der Waals surface area contributed by atoms with Crippen LogP contribution >= 0.6 is 0 Å². The highest BCUT2D eigenvalue weighted by molar-refractivity contribution is 5.78. The van der Waals surface area contributed by atoms with Crippen molar-refractivity contribution in [2.45, 2.75) is 39.5 Å².